The number of hydrogen-bond donors (Lipinski definition) is 0. The van der Waals surface area contributed by atoms with Crippen molar-refractivity contribution in [3.05, 3.63) is 102 Å². The van der Waals surface area contributed by atoms with E-state index in [-0.39, 0.29) is 36.9 Å². The lowest BCUT2D eigenvalue weighted by Gasteiger charge is -2.23. The van der Waals surface area contributed by atoms with Crippen LogP contribution in [0.5, 0.6) is 0 Å². The summed E-state index contributed by atoms with van der Waals surface area (Å²) in [5, 5.41) is 1.57. The maximum absolute atomic E-state index is 13.7. The van der Waals surface area contributed by atoms with Gasteiger partial charge in [-0.05, 0) is 34.7 Å². The van der Waals surface area contributed by atoms with E-state index in [1.54, 1.807) is 35.5 Å². The van der Waals surface area contributed by atoms with Gasteiger partial charge in [-0.15, -0.1) is 0 Å². The van der Waals surface area contributed by atoms with Crippen molar-refractivity contribution >= 4 is 32.4 Å². The summed E-state index contributed by atoms with van der Waals surface area (Å²) >= 11 is 0. The van der Waals surface area contributed by atoms with Crippen molar-refractivity contribution < 1.29 is 13.2 Å². The van der Waals surface area contributed by atoms with E-state index in [9.17, 15) is 13.2 Å². The van der Waals surface area contributed by atoms with E-state index in [2.05, 4.69) is 4.98 Å². The van der Waals surface area contributed by atoms with E-state index in [1.807, 2.05) is 60.7 Å². The summed E-state index contributed by atoms with van der Waals surface area (Å²) in [6.07, 6.45) is 3.56. The molecule has 0 atom stereocenters. The minimum Gasteiger partial charge on any atom is -0.310 e. The standard InChI is InChI=1S/C26H23N3O3S/c30-26(17-20-7-6-14-27-18-20)29-16-15-28(19-22-9-2-4-12-24(22)29)33(31,32)25-13-5-10-21-8-1-3-11-23(21)25/h1-14,18H,15-17,19H2. The number of nitrogens with zero attached hydrogens (tertiary/aromatic N) is 3. The van der Waals surface area contributed by atoms with E-state index in [0.29, 0.717) is 5.39 Å². The van der Waals surface area contributed by atoms with E-state index >= 15 is 0 Å². The molecule has 0 saturated carbocycles. The summed E-state index contributed by atoms with van der Waals surface area (Å²) < 4.78 is 29.0. The van der Waals surface area contributed by atoms with Crippen molar-refractivity contribution in [3.63, 3.8) is 0 Å². The van der Waals surface area contributed by atoms with Crippen LogP contribution in [0.1, 0.15) is 11.1 Å². The zero-order valence-electron chi connectivity index (χ0n) is 18.0. The number of carbonyl (C=O) groups is 1. The number of pyridine rings is 1. The second-order valence-corrected chi connectivity index (χ2v) is 9.93. The summed E-state index contributed by atoms with van der Waals surface area (Å²) in [7, 11) is -3.78. The van der Waals surface area contributed by atoms with Crippen LogP contribution in [0.4, 0.5) is 5.69 Å². The molecule has 3 aromatic carbocycles. The molecule has 2 heterocycles. The first kappa shape index (κ1) is 21.3. The van der Waals surface area contributed by atoms with Crippen LogP contribution < -0.4 is 4.90 Å². The maximum atomic E-state index is 13.7. The van der Waals surface area contributed by atoms with Gasteiger partial charge >= 0.3 is 0 Å². The molecule has 7 heteroatoms. The Morgan fingerprint density at radius 2 is 1.67 bits per heavy atom. The average molecular weight is 458 g/mol. The lowest BCUT2D eigenvalue weighted by Crippen LogP contribution is -2.38. The maximum Gasteiger partial charge on any atom is 0.244 e. The molecule has 6 nitrogen and oxygen atoms in total. The van der Waals surface area contributed by atoms with E-state index in [4.69, 9.17) is 0 Å². The smallest absolute Gasteiger partial charge is 0.244 e. The first-order valence-corrected chi connectivity index (χ1v) is 12.2. The Kier molecular flexibility index (Phi) is 5.66. The largest absolute Gasteiger partial charge is 0.310 e. The Morgan fingerprint density at radius 1 is 0.879 bits per heavy atom. The molecule has 0 radical (unpaired) electrons. The van der Waals surface area contributed by atoms with Gasteiger partial charge in [-0.25, -0.2) is 8.42 Å². The van der Waals surface area contributed by atoms with E-state index < -0.39 is 10.0 Å². The van der Waals surface area contributed by atoms with Gasteiger partial charge < -0.3 is 4.90 Å². The van der Waals surface area contributed by atoms with Crippen LogP contribution in [-0.4, -0.2) is 36.7 Å². The van der Waals surface area contributed by atoms with Gasteiger partial charge in [-0.3, -0.25) is 9.78 Å². The minimum absolute atomic E-state index is 0.0835. The molecule has 1 aromatic heterocycles. The van der Waals surface area contributed by atoms with Crippen LogP contribution in [0, 0.1) is 0 Å². The highest BCUT2D eigenvalue weighted by molar-refractivity contribution is 7.89. The fraction of sp³-hybridized carbons (Fsp3) is 0.154. The van der Waals surface area contributed by atoms with Crippen LogP contribution in [0.25, 0.3) is 10.8 Å². The number of carbonyl (C=O) groups excluding carboxylic acids is 1. The van der Waals surface area contributed by atoms with Gasteiger partial charge in [0.05, 0.1) is 11.3 Å². The van der Waals surface area contributed by atoms with Crippen LogP contribution in [0.2, 0.25) is 0 Å². The summed E-state index contributed by atoms with van der Waals surface area (Å²) in [4.78, 5) is 19.3. The third kappa shape index (κ3) is 4.13. The number of sulfonamides is 1. The van der Waals surface area contributed by atoms with Crippen molar-refractivity contribution in [1.82, 2.24) is 9.29 Å². The number of para-hydroxylation sites is 1. The Morgan fingerprint density at radius 3 is 2.52 bits per heavy atom. The number of anilines is 1. The Bertz CT molecular complexity index is 1420. The highest BCUT2D eigenvalue weighted by atomic mass is 32.2. The lowest BCUT2D eigenvalue weighted by molar-refractivity contribution is -0.118. The van der Waals surface area contributed by atoms with Crippen molar-refractivity contribution in [3.8, 4) is 0 Å². The zero-order chi connectivity index (χ0) is 22.8. The molecule has 5 rings (SSSR count). The van der Waals surface area contributed by atoms with Crippen molar-refractivity contribution in [2.45, 2.75) is 17.9 Å². The lowest BCUT2D eigenvalue weighted by atomic mass is 10.1. The molecule has 1 aliphatic heterocycles. The molecule has 166 valence electrons. The predicted molar refractivity (Wildman–Crippen MR) is 128 cm³/mol. The topological polar surface area (TPSA) is 70.6 Å². The number of fused-ring (bicyclic) bond motifs is 2. The Labute approximate surface area is 193 Å². The van der Waals surface area contributed by atoms with Gasteiger partial charge in [0.25, 0.3) is 0 Å². The first-order valence-electron chi connectivity index (χ1n) is 10.8. The molecule has 0 unspecified atom stereocenters. The predicted octanol–water partition coefficient (Wildman–Crippen LogP) is 4.02. The van der Waals surface area contributed by atoms with Gasteiger partial charge in [-0.2, -0.15) is 4.31 Å². The quantitative estimate of drug-likeness (QED) is 0.464. The third-order valence-corrected chi connectivity index (χ3v) is 7.85. The third-order valence-electron chi connectivity index (χ3n) is 5.95. The van der Waals surface area contributed by atoms with Crippen LogP contribution in [-0.2, 0) is 27.8 Å². The molecule has 0 spiro atoms. The minimum atomic E-state index is -3.78. The molecule has 33 heavy (non-hydrogen) atoms. The zero-order valence-corrected chi connectivity index (χ0v) is 18.8. The molecular weight excluding hydrogens is 434 g/mol. The van der Waals surface area contributed by atoms with Gasteiger partial charge in [-0.1, -0.05) is 60.7 Å². The monoisotopic (exact) mass is 457 g/mol. The van der Waals surface area contributed by atoms with E-state index in [0.717, 1.165) is 22.2 Å². The van der Waals surface area contributed by atoms with Crippen LogP contribution in [0.15, 0.2) is 96.2 Å². The van der Waals surface area contributed by atoms with Gasteiger partial charge in [0.2, 0.25) is 15.9 Å². The molecule has 0 aliphatic carbocycles. The van der Waals surface area contributed by atoms with Crippen LogP contribution in [0.3, 0.4) is 0 Å². The molecule has 0 N–H and O–H groups in total. The fourth-order valence-corrected chi connectivity index (χ4v) is 5.93. The molecule has 0 bridgehead atoms. The molecule has 0 saturated heterocycles. The number of benzene rings is 3. The number of amides is 1. The first-order chi connectivity index (χ1) is 16.0. The van der Waals surface area contributed by atoms with Crippen LogP contribution >= 0.6 is 0 Å². The highest BCUT2D eigenvalue weighted by Gasteiger charge is 2.32. The number of rotatable bonds is 4. The number of aromatic nitrogens is 1. The molecule has 4 aromatic rings. The molecule has 1 aliphatic rings. The highest BCUT2D eigenvalue weighted by Crippen LogP contribution is 2.31. The molecular formula is C26H23N3O3S. The summed E-state index contributed by atoms with van der Waals surface area (Å²) in [6.45, 7) is 0.692. The van der Waals surface area contributed by atoms with Crippen molar-refractivity contribution in [1.29, 1.82) is 0 Å². The van der Waals surface area contributed by atoms with Crippen molar-refractivity contribution in [2.75, 3.05) is 18.0 Å². The van der Waals surface area contributed by atoms with E-state index in [1.165, 1.54) is 4.31 Å². The summed E-state index contributed by atoms with van der Waals surface area (Å²) in [5.41, 5.74) is 2.38. The molecule has 0 fully saturated rings. The van der Waals surface area contributed by atoms with Gasteiger partial charge in [0.1, 0.15) is 0 Å². The fourth-order valence-electron chi connectivity index (χ4n) is 4.31. The normalized spacial score (nSPS) is 14.6. The van der Waals surface area contributed by atoms with Gasteiger partial charge in [0, 0.05) is 43.1 Å². The summed E-state index contributed by atoms with van der Waals surface area (Å²) in [5.74, 6) is -0.0835. The second-order valence-electron chi connectivity index (χ2n) is 8.03. The average Bonchev–Trinajstić information content (AvgIpc) is 3.05. The SMILES string of the molecule is O=C(Cc1cccnc1)N1CCN(S(=O)(=O)c2cccc3ccccc23)Cc2ccccc21. The Hall–Kier alpha value is -3.55. The van der Waals surface area contributed by atoms with Gasteiger partial charge in [0.15, 0.2) is 0 Å². The second kappa shape index (κ2) is 8.77. The molecule has 1 amide bonds. The number of hydrogen-bond acceptors (Lipinski definition) is 4. The van der Waals surface area contributed by atoms with Crippen molar-refractivity contribution in [2.24, 2.45) is 0 Å². The Balaban J connectivity index is 1.50. The summed E-state index contributed by atoms with van der Waals surface area (Å²) in [6, 6.07) is 24.0.